The second-order valence-corrected chi connectivity index (χ2v) is 6.18. The molecule has 1 aromatic rings. The van der Waals surface area contributed by atoms with Crippen molar-refractivity contribution in [3.63, 3.8) is 0 Å². The zero-order valence-electron chi connectivity index (χ0n) is 12.8. The Balaban J connectivity index is 1.73. The van der Waals surface area contributed by atoms with Crippen molar-refractivity contribution in [2.75, 3.05) is 6.54 Å². The van der Waals surface area contributed by atoms with Crippen LogP contribution < -0.4 is 0 Å². The van der Waals surface area contributed by atoms with E-state index < -0.39 is 6.09 Å². The van der Waals surface area contributed by atoms with E-state index in [0.717, 1.165) is 43.5 Å². The molecule has 1 saturated heterocycles. The number of carbonyl (C=O) groups is 1. The number of aromatic nitrogens is 1. The lowest BCUT2D eigenvalue weighted by Crippen LogP contribution is -2.58. The molecule has 2 aliphatic rings. The van der Waals surface area contributed by atoms with E-state index >= 15 is 0 Å². The van der Waals surface area contributed by atoms with Gasteiger partial charge in [-0.25, -0.2) is 9.78 Å². The summed E-state index contributed by atoms with van der Waals surface area (Å²) < 4.78 is 0. The molecule has 4 heteroatoms. The standard InChI is InChI=1S/C18H20N2O2/c1-14-5-2-7-16(19-14)8-3-6-15-9-12-20(17(21)22)18(13-15)10-4-11-18/h2,5-7H,4,9-13H2,1H3,(H,21,22)/b15-6-. The van der Waals surface area contributed by atoms with Crippen LogP contribution in [0.3, 0.4) is 0 Å². The molecule has 0 bridgehead atoms. The number of allylic oxidation sites excluding steroid dienone is 1. The quantitative estimate of drug-likeness (QED) is 0.747. The number of hydrogen-bond donors (Lipinski definition) is 1. The van der Waals surface area contributed by atoms with E-state index in [1.54, 1.807) is 4.90 Å². The van der Waals surface area contributed by atoms with Crippen molar-refractivity contribution in [3.8, 4) is 11.8 Å². The highest BCUT2D eigenvalue weighted by Crippen LogP contribution is 2.45. The molecule has 2 fully saturated rings. The number of hydrogen-bond acceptors (Lipinski definition) is 2. The van der Waals surface area contributed by atoms with Crippen molar-refractivity contribution in [1.29, 1.82) is 0 Å². The van der Waals surface area contributed by atoms with Gasteiger partial charge < -0.3 is 10.0 Å². The molecule has 0 aromatic carbocycles. The molecular formula is C18H20N2O2. The smallest absolute Gasteiger partial charge is 0.407 e. The minimum absolute atomic E-state index is 0.154. The van der Waals surface area contributed by atoms with Crippen LogP contribution in [-0.4, -0.2) is 33.2 Å². The van der Waals surface area contributed by atoms with Gasteiger partial charge in [-0.15, -0.1) is 0 Å². The molecule has 3 rings (SSSR count). The SMILES string of the molecule is Cc1cccc(C#C/C=C2/CCN(C(=O)O)C3(CCC3)C2)n1. The lowest BCUT2D eigenvalue weighted by Gasteiger charge is -2.52. The second kappa shape index (κ2) is 5.84. The molecule has 1 aliphatic carbocycles. The predicted octanol–water partition coefficient (Wildman–Crippen LogP) is 3.36. The maximum atomic E-state index is 11.4. The monoisotopic (exact) mass is 296 g/mol. The number of carboxylic acid groups (broad SMARTS) is 1. The summed E-state index contributed by atoms with van der Waals surface area (Å²) in [7, 11) is 0. The summed E-state index contributed by atoms with van der Waals surface area (Å²) in [6, 6.07) is 5.80. The molecule has 1 N–H and O–H groups in total. The van der Waals surface area contributed by atoms with Gasteiger partial charge in [0.25, 0.3) is 0 Å². The average molecular weight is 296 g/mol. The van der Waals surface area contributed by atoms with Crippen molar-refractivity contribution in [3.05, 3.63) is 41.2 Å². The summed E-state index contributed by atoms with van der Waals surface area (Å²) in [5.41, 5.74) is 2.84. The van der Waals surface area contributed by atoms with Crippen molar-refractivity contribution in [2.24, 2.45) is 0 Å². The molecule has 4 nitrogen and oxygen atoms in total. The van der Waals surface area contributed by atoms with Gasteiger partial charge in [0.05, 0.1) is 0 Å². The van der Waals surface area contributed by atoms with Crippen LogP contribution in [0, 0.1) is 18.8 Å². The van der Waals surface area contributed by atoms with E-state index in [0.29, 0.717) is 6.54 Å². The van der Waals surface area contributed by atoms with Crippen molar-refractivity contribution >= 4 is 6.09 Å². The van der Waals surface area contributed by atoms with Gasteiger partial charge >= 0.3 is 6.09 Å². The van der Waals surface area contributed by atoms with Crippen LogP contribution in [0.25, 0.3) is 0 Å². The molecule has 2 heterocycles. The van der Waals surface area contributed by atoms with Crippen molar-refractivity contribution in [1.82, 2.24) is 9.88 Å². The zero-order valence-corrected chi connectivity index (χ0v) is 12.8. The predicted molar refractivity (Wildman–Crippen MR) is 84.5 cm³/mol. The Hall–Kier alpha value is -2.28. The summed E-state index contributed by atoms with van der Waals surface area (Å²) in [6.45, 7) is 2.54. The average Bonchev–Trinajstić information content (AvgIpc) is 2.45. The fourth-order valence-electron chi connectivity index (χ4n) is 3.38. The van der Waals surface area contributed by atoms with Gasteiger partial charge in [-0.2, -0.15) is 0 Å². The largest absolute Gasteiger partial charge is 0.465 e. The van der Waals surface area contributed by atoms with Gasteiger partial charge in [0.2, 0.25) is 0 Å². The number of aryl methyl sites for hydroxylation is 1. The summed E-state index contributed by atoms with van der Waals surface area (Å²) in [5, 5.41) is 9.35. The van der Waals surface area contributed by atoms with E-state index in [1.165, 1.54) is 5.57 Å². The summed E-state index contributed by atoms with van der Waals surface area (Å²) in [6.07, 6.45) is 5.86. The molecule has 1 saturated carbocycles. The maximum absolute atomic E-state index is 11.4. The molecule has 22 heavy (non-hydrogen) atoms. The summed E-state index contributed by atoms with van der Waals surface area (Å²) >= 11 is 0. The van der Waals surface area contributed by atoms with E-state index in [1.807, 2.05) is 31.2 Å². The number of piperidine rings is 1. The van der Waals surface area contributed by atoms with Gasteiger partial charge in [-0.05, 0) is 63.2 Å². The molecular weight excluding hydrogens is 276 g/mol. The molecule has 1 aliphatic heterocycles. The molecule has 1 aromatic heterocycles. The molecule has 114 valence electrons. The van der Waals surface area contributed by atoms with Crippen molar-refractivity contribution in [2.45, 2.75) is 44.6 Å². The number of rotatable bonds is 0. The first kappa shape index (κ1) is 14.6. The third kappa shape index (κ3) is 2.85. The number of amides is 1. The van der Waals surface area contributed by atoms with Crippen LogP contribution in [0.4, 0.5) is 4.79 Å². The first-order chi connectivity index (χ1) is 10.6. The Morgan fingerprint density at radius 2 is 2.27 bits per heavy atom. The Labute approximate surface area is 130 Å². The molecule has 0 unspecified atom stereocenters. The topological polar surface area (TPSA) is 53.4 Å². The van der Waals surface area contributed by atoms with Gasteiger partial charge in [-0.1, -0.05) is 17.6 Å². The van der Waals surface area contributed by atoms with E-state index in [9.17, 15) is 9.90 Å². The molecule has 0 atom stereocenters. The molecule has 0 radical (unpaired) electrons. The van der Waals surface area contributed by atoms with Crippen LogP contribution in [0.5, 0.6) is 0 Å². The Kier molecular flexibility index (Phi) is 3.89. The highest BCUT2D eigenvalue weighted by molar-refractivity contribution is 5.67. The summed E-state index contributed by atoms with van der Waals surface area (Å²) in [4.78, 5) is 17.4. The maximum Gasteiger partial charge on any atom is 0.407 e. The third-order valence-corrected chi connectivity index (χ3v) is 4.67. The highest BCUT2D eigenvalue weighted by atomic mass is 16.4. The summed E-state index contributed by atoms with van der Waals surface area (Å²) in [5.74, 6) is 6.15. The van der Waals surface area contributed by atoms with Crippen LogP contribution in [0.1, 0.15) is 43.5 Å². The van der Waals surface area contributed by atoms with Crippen LogP contribution in [0.15, 0.2) is 29.8 Å². The van der Waals surface area contributed by atoms with E-state index in [-0.39, 0.29) is 5.54 Å². The minimum atomic E-state index is -0.784. The third-order valence-electron chi connectivity index (χ3n) is 4.67. The van der Waals surface area contributed by atoms with Crippen molar-refractivity contribution < 1.29 is 9.90 Å². The van der Waals surface area contributed by atoms with Crippen LogP contribution in [0.2, 0.25) is 0 Å². The van der Waals surface area contributed by atoms with Gasteiger partial charge in [0.1, 0.15) is 5.69 Å². The van der Waals surface area contributed by atoms with E-state index in [4.69, 9.17) is 0 Å². The first-order valence-corrected chi connectivity index (χ1v) is 7.73. The highest BCUT2D eigenvalue weighted by Gasteiger charge is 2.47. The lowest BCUT2D eigenvalue weighted by atomic mass is 9.69. The minimum Gasteiger partial charge on any atom is -0.465 e. The number of nitrogens with zero attached hydrogens (tertiary/aromatic N) is 2. The van der Waals surface area contributed by atoms with Gasteiger partial charge in [0, 0.05) is 17.8 Å². The van der Waals surface area contributed by atoms with Crippen LogP contribution in [-0.2, 0) is 0 Å². The molecule has 1 amide bonds. The number of pyridine rings is 1. The first-order valence-electron chi connectivity index (χ1n) is 7.73. The molecule has 1 spiro atoms. The normalized spacial score (nSPS) is 21.1. The Morgan fingerprint density at radius 1 is 1.45 bits per heavy atom. The Morgan fingerprint density at radius 3 is 2.91 bits per heavy atom. The van der Waals surface area contributed by atoms with Gasteiger partial charge in [-0.3, -0.25) is 0 Å². The Bertz CT molecular complexity index is 678. The van der Waals surface area contributed by atoms with Gasteiger partial charge in [0.15, 0.2) is 0 Å². The fourth-order valence-corrected chi connectivity index (χ4v) is 3.38. The zero-order chi connectivity index (χ0) is 15.6. The fraction of sp³-hybridized carbons (Fsp3) is 0.444. The van der Waals surface area contributed by atoms with Crippen LogP contribution >= 0.6 is 0 Å². The lowest BCUT2D eigenvalue weighted by molar-refractivity contribution is 0.0110. The second-order valence-electron chi connectivity index (χ2n) is 6.18. The van der Waals surface area contributed by atoms with E-state index in [2.05, 4.69) is 16.8 Å². The number of likely N-dealkylation sites (tertiary alicyclic amines) is 1.